The van der Waals surface area contributed by atoms with Gasteiger partial charge in [0.25, 0.3) is 0 Å². The minimum Gasteiger partial charge on any atom is -0.352 e. The molecule has 1 amide bonds. The van der Waals surface area contributed by atoms with Crippen LogP contribution in [-0.2, 0) is 14.6 Å². The van der Waals surface area contributed by atoms with Gasteiger partial charge in [-0.05, 0) is 25.7 Å². The van der Waals surface area contributed by atoms with Crippen molar-refractivity contribution in [1.29, 1.82) is 0 Å². The molecule has 6 heteroatoms. The van der Waals surface area contributed by atoms with Crippen LogP contribution in [0.1, 0.15) is 26.2 Å². The molecule has 0 spiro atoms. The van der Waals surface area contributed by atoms with Crippen molar-refractivity contribution in [3.05, 3.63) is 0 Å². The summed E-state index contributed by atoms with van der Waals surface area (Å²) in [5.41, 5.74) is 0. The summed E-state index contributed by atoms with van der Waals surface area (Å²) in [6.45, 7) is 1.43. The first-order valence-corrected chi connectivity index (χ1v) is 8.49. The molecule has 0 aliphatic heterocycles. The lowest BCUT2D eigenvalue weighted by molar-refractivity contribution is -0.121. The number of hydrogen-bond acceptors (Lipinski definition) is 3. The Morgan fingerprint density at radius 2 is 2.12 bits per heavy atom. The van der Waals surface area contributed by atoms with Crippen LogP contribution in [0.15, 0.2) is 0 Å². The highest BCUT2D eigenvalue weighted by Gasteiger charge is 2.31. The summed E-state index contributed by atoms with van der Waals surface area (Å²) in [7, 11) is -3.29. The predicted octanol–water partition coefficient (Wildman–Crippen LogP) is 1.10. The van der Waals surface area contributed by atoms with E-state index in [0.29, 0.717) is 5.92 Å². The Morgan fingerprint density at radius 1 is 1.50 bits per heavy atom. The Hall–Kier alpha value is -0.100. The molecule has 0 radical (unpaired) electrons. The second-order valence-electron chi connectivity index (χ2n) is 4.43. The smallest absolute Gasteiger partial charge is 0.238 e. The van der Waals surface area contributed by atoms with E-state index in [0.717, 1.165) is 30.8 Å². The third kappa shape index (κ3) is 3.45. The van der Waals surface area contributed by atoms with Crippen LogP contribution >= 0.6 is 15.9 Å². The number of halogens is 1. The van der Waals surface area contributed by atoms with Gasteiger partial charge in [0.15, 0.2) is 9.84 Å². The number of hydrogen-bond donors (Lipinski definition) is 1. The van der Waals surface area contributed by atoms with Gasteiger partial charge in [-0.15, -0.1) is 0 Å². The summed E-state index contributed by atoms with van der Waals surface area (Å²) < 4.78 is 22.5. The molecule has 0 saturated heterocycles. The second kappa shape index (κ2) is 5.49. The molecule has 0 heterocycles. The Balaban J connectivity index is 2.58. The van der Waals surface area contributed by atoms with Crippen molar-refractivity contribution in [1.82, 2.24) is 5.32 Å². The van der Waals surface area contributed by atoms with Crippen LogP contribution in [0, 0.1) is 5.92 Å². The van der Waals surface area contributed by atoms with E-state index < -0.39 is 15.1 Å². The van der Waals surface area contributed by atoms with E-state index in [-0.39, 0.29) is 11.9 Å². The van der Waals surface area contributed by atoms with Gasteiger partial charge in [0.1, 0.15) is 5.25 Å². The van der Waals surface area contributed by atoms with Gasteiger partial charge in [-0.2, -0.15) is 0 Å². The average Bonchev–Trinajstić information content (AvgIpc) is 2.62. The summed E-state index contributed by atoms with van der Waals surface area (Å²) >= 11 is 3.41. The van der Waals surface area contributed by atoms with Crippen molar-refractivity contribution >= 4 is 31.7 Å². The summed E-state index contributed by atoms with van der Waals surface area (Å²) in [6.07, 6.45) is 4.21. The van der Waals surface area contributed by atoms with E-state index in [1.54, 1.807) is 0 Å². The lowest BCUT2D eigenvalue weighted by Crippen LogP contribution is -2.44. The van der Waals surface area contributed by atoms with Gasteiger partial charge in [0.05, 0.1) is 0 Å². The monoisotopic (exact) mass is 311 g/mol. The van der Waals surface area contributed by atoms with Crippen molar-refractivity contribution in [2.45, 2.75) is 37.5 Å². The molecule has 1 saturated carbocycles. The van der Waals surface area contributed by atoms with Crippen molar-refractivity contribution in [2.75, 3.05) is 11.6 Å². The van der Waals surface area contributed by atoms with E-state index in [1.807, 2.05) is 0 Å². The summed E-state index contributed by atoms with van der Waals surface area (Å²) in [4.78, 5) is 11.7. The highest BCUT2D eigenvalue weighted by molar-refractivity contribution is 9.09. The summed E-state index contributed by atoms with van der Waals surface area (Å²) in [5.74, 6) is 0.0519. The molecule has 1 aliphatic carbocycles. The first-order valence-electron chi connectivity index (χ1n) is 5.41. The molecular formula is C10H18BrNO3S. The summed E-state index contributed by atoms with van der Waals surface area (Å²) in [6, 6.07) is 0.121. The molecule has 0 aromatic rings. The molecular weight excluding hydrogens is 294 g/mol. The second-order valence-corrected chi connectivity index (χ2v) is 7.45. The standard InChI is InChI=1S/C10H18BrNO3S/c1-7(16(2,14)15)10(13)12-9-5-3-4-8(9)6-11/h7-9H,3-6H2,1-2H3,(H,12,13). The fourth-order valence-corrected chi connectivity index (χ4v) is 3.14. The lowest BCUT2D eigenvalue weighted by Gasteiger charge is -2.20. The fraction of sp³-hybridized carbons (Fsp3) is 0.900. The molecule has 94 valence electrons. The van der Waals surface area contributed by atoms with Crippen LogP contribution in [-0.4, -0.2) is 37.2 Å². The van der Waals surface area contributed by atoms with Gasteiger partial charge in [0, 0.05) is 17.6 Å². The third-order valence-electron chi connectivity index (χ3n) is 3.20. The first kappa shape index (κ1) is 14.0. The molecule has 16 heavy (non-hydrogen) atoms. The average molecular weight is 312 g/mol. The summed E-state index contributed by atoms with van der Waals surface area (Å²) in [5, 5.41) is 2.74. The van der Waals surface area contributed by atoms with Crippen molar-refractivity contribution in [3.63, 3.8) is 0 Å². The Morgan fingerprint density at radius 3 is 2.62 bits per heavy atom. The zero-order chi connectivity index (χ0) is 12.3. The maximum absolute atomic E-state index is 11.7. The van der Waals surface area contributed by atoms with Crippen LogP contribution in [0.5, 0.6) is 0 Å². The minimum absolute atomic E-state index is 0.121. The third-order valence-corrected chi connectivity index (χ3v) is 5.53. The highest BCUT2D eigenvalue weighted by Crippen LogP contribution is 2.27. The van der Waals surface area contributed by atoms with E-state index in [1.165, 1.54) is 6.92 Å². The maximum Gasteiger partial charge on any atom is 0.238 e. The zero-order valence-electron chi connectivity index (χ0n) is 9.57. The Kier molecular flexibility index (Phi) is 4.79. The fourth-order valence-electron chi connectivity index (χ4n) is 1.91. The van der Waals surface area contributed by atoms with E-state index in [9.17, 15) is 13.2 Å². The van der Waals surface area contributed by atoms with Crippen molar-refractivity contribution in [3.8, 4) is 0 Å². The van der Waals surface area contributed by atoms with Crippen LogP contribution in [0.2, 0.25) is 0 Å². The largest absolute Gasteiger partial charge is 0.352 e. The number of amides is 1. The van der Waals surface area contributed by atoms with Crippen LogP contribution in [0.3, 0.4) is 0 Å². The molecule has 4 nitrogen and oxygen atoms in total. The van der Waals surface area contributed by atoms with Gasteiger partial charge < -0.3 is 5.32 Å². The normalized spacial score (nSPS) is 27.7. The van der Waals surface area contributed by atoms with Gasteiger partial charge in [0.2, 0.25) is 5.91 Å². The molecule has 3 atom stereocenters. The van der Waals surface area contributed by atoms with Crippen LogP contribution < -0.4 is 5.32 Å². The number of carbonyl (C=O) groups is 1. The van der Waals surface area contributed by atoms with Gasteiger partial charge in [-0.25, -0.2) is 8.42 Å². The highest BCUT2D eigenvalue weighted by atomic mass is 79.9. The first-order chi connectivity index (χ1) is 7.36. The van der Waals surface area contributed by atoms with Crippen LogP contribution in [0.4, 0.5) is 0 Å². The van der Waals surface area contributed by atoms with E-state index >= 15 is 0 Å². The van der Waals surface area contributed by atoms with Crippen LogP contribution in [0.25, 0.3) is 0 Å². The molecule has 0 bridgehead atoms. The zero-order valence-corrected chi connectivity index (χ0v) is 12.0. The number of alkyl halides is 1. The molecule has 3 unspecified atom stereocenters. The molecule has 1 rings (SSSR count). The number of rotatable bonds is 4. The SMILES string of the molecule is CC(C(=O)NC1CCCC1CBr)S(C)(=O)=O. The van der Waals surface area contributed by atoms with Gasteiger partial charge in [-0.1, -0.05) is 22.4 Å². The van der Waals surface area contributed by atoms with Crippen molar-refractivity contribution in [2.24, 2.45) is 5.92 Å². The number of sulfone groups is 1. The molecule has 1 fully saturated rings. The minimum atomic E-state index is -3.29. The Labute approximate surface area is 105 Å². The quantitative estimate of drug-likeness (QED) is 0.791. The Bertz CT molecular complexity index is 355. The van der Waals surface area contributed by atoms with Crippen molar-refractivity contribution < 1.29 is 13.2 Å². The molecule has 1 aliphatic rings. The lowest BCUT2D eigenvalue weighted by atomic mass is 10.1. The molecule has 0 aromatic carbocycles. The molecule has 1 N–H and O–H groups in total. The number of carbonyl (C=O) groups excluding carboxylic acids is 1. The van der Waals surface area contributed by atoms with Gasteiger partial charge >= 0.3 is 0 Å². The maximum atomic E-state index is 11.7. The van der Waals surface area contributed by atoms with E-state index in [4.69, 9.17) is 0 Å². The number of nitrogens with one attached hydrogen (secondary N) is 1. The van der Waals surface area contributed by atoms with E-state index in [2.05, 4.69) is 21.2 Å². The topological polar surface area (TPSA) is 63.2 Å². The molecule has 0 aromatic heterocycles. The van der Waals surface area contributed by atoms with Gasteiger partial charge in [-0.3, -0.25) is 4.79 Å². The predicted molar refractivity (Wildman–Crippen MR) is 67.4 cm³/mol.